The van der Waals surface area contributed by atoms with Crippen LogP contribution in [0.2, 0.25) is 0 Å². The van der Waals surface area contributed by atoms with Gasteiger partial charge in [0.15, 0.2) is 0 Å². The van der Waals surface area contributed by atoms with Crippen molar-refractivity contribution in [2.24, 2.45) is 0 Å². The number of aliphatic hydroxyl groups excluding tert-OH is 3. The lowest BCUT2D eigenvalue weighted by molar-refractivity contribution is 0.0380. The molecule has 0 amide bonds. The third-order valence-electron chi connectivity index (χ3n) is 3.61. The molecular weight excluding hydrogens is 252 g/mol. The van der Waals surface area contributed by atoms with Gasteiger partial charge in [-0.3, -0.25) is 0 Å². The standard InChI is InChI=1S/C17H32O3/c1-2-3-4-5-6-7-8-9-10-11-12-13-16(19)14-17(20)15-18/h1,16-20H,3-15H2/t16-,17-/m0/s1. The lowest BCUT2D eigenvalue weighted by Gasteiger charge is -2.13. The summed E-state index contributed by atoms with van der Waals surface area (Å²) in [6.07, 6.45) is 16.8. The van der Waals surface area contributed by atoms with E-state index in [1.54, 1.807) is 0 Å². The summed E-state index contributed by atoms with van der Waals surface area (Å²) in [4.78, 5) is 0. The van der Waals surface area contributed by atoms with Gasteiger partial charge in [-0.2, -0.15) is 0 Å². The summed E-state index contributed by atoms with van der Waals surface area (Å²) in [5.74, 6) is 2.67. The summed E-state index contributed by atoms with van der Waals surface area (Å²) in [5.41, 5.74) is 0. The molecule has 3 heteroatoms. The second-order valence-corrected chi connectivity index (χ2v) is 5.65. The lowest BCUT2D eigenvalue weighted by Crippen LogP contribution is -2.20. The first kappa shape index (κ1) is 19.4. The average Bonchev–Trinajstić information content (AvgIpc) is 2.44. The van der Waals surface area contributed by atoms with Gasteiger partial charge >= 0.3 is 0 Å². The van der Waals surface area contributed by atoms with Crippen LogP contribution in [0.5, 0.6) is 0 Å². The zero-order valence-electron chi connectivity index (χ0n) is 12.8. The maximum Gasteiger partial charge on any atom is 0.0795 e. The van der Waals surface area contributed by atoms with Crippen molar-refractivity contribution in [3.05, 3.63) is 0 Å². The van der Waals surface area contributed by atoms with E-state index in [2.05, 4.69) is 5.92 Å². The van der Waals surface area contributed by atoms with Gasteiger partial charge in [0.05, 0.1) is 18.8 Å². The minimum atomic E-state index is -0.778. The minimum Gasteiger partial charge on any atom is -0.394 e. The molecule has 0 rings (SSSR count). The van der Waals surface area contributed by atoms with E-state index in [1.807, 2.05) is 0 Å². The van der Waals surface area contributed by atoms with Crippen LogP contribution in [0, 0.1) is 12.3 Å². The molecule has 0 saturated carbocycles. The van der Waals surface area contributed by atoms with Gasteiger partial charge in [-0.25, -0.2) is 0 Å². The Morgan fingerprint density at radius 1 is 0.750 bits per heavy atom. The Labute approximate surface area is 124 Å². The maximum absolute atomic E-state index is 9.61. The molecule has 118 valence electrons. The van der Waals surface area contributed by atoms with E-state index in [9.17, 15) is 10.2 Å². The fourth-order valence-electron chi connectivity index (χ4n) is 2.35. The van der Waals surface area contributed by atoms with Gasteiger partial charge in [-0.05, 0) is 12.8 Å². The lowest BCUT2D eigenvalue weighted by atomic mass is 10.0. The van der Waals surface area contributed by atoms with Crippen LogP contribution in [-0.4, -0.2) is 34.1 Å². The van der Waals surface area contributed by atoms with Crippen LogP contribution in [-0.2, 0) is 0 Å². The summed E-state index contributed by atoms with van der Waals surface area (Å²) < 4.78 is 0. The molecule has 2 atom stereocenters. The van der Waals surface area contributed by atoms with Crippen LogP contribution >= 0.6 is 0 Å². The molecule has 3 N–H and O–H groups in total. The van der Waals surface area contributed by atoms with Crippen molar-refractivity contribution in [2.45, 2.75) is 89.3 Å². The largest absolute Gasteiger partial charge is 0.394 e. The van der Waals surface area contributed by atoms with Crippen molar-refractivity contribution >= 4 is 0 Å². The molecule has 3 nitrogen and oxygen atoms in total. The van der Waals surface area contributed by atoms with Gasteiger partial charge in [-0.1, -0.05) is 51.4 Å². The average molecular weight is 284 g/mol. The second kappa shape index (κ2) is 14.8. The van der Waals surface area contributed by atoms with Crippen LogP contribution in [0.1, 0.15) is 77.0 Å². The first-order valence-corrected chi connectivity index (χ1v) is 8.11. The van der Waals surface area contributed by atoms with Crippen LogP contribution in [0.3, 0.4) is 0 Å². The van der Waals surface area contributed by atoms with Gasteiger partial charge in [0.25, 0.3) is 0 Å². The predicted octanol–water partition coefficient (Wildman–Crippen LogP) is 3.01. The maximum atomic E-state index is 9.61. The molecule has 0 aromatic rings. The van der Waals surface area contributed by atoms with Crippen LogP contribution < -0.4 is 0 Å². The number of hydrogen-bond acceptors (Lipinski definition) is 3. The summed E-state index contributed by atoms with van der Waals surface area (Å²) >= 11 is 0. The molecule has 0 spiro atoms. The van der Waals surface area contributed by atoms with Crippen molar-refractivity contribution < 1.29 is 15.3 Å². The molecule has 0 unspecified atom stereocenters. The van der Waals surface area contributed by atoms with E-state index in [4.69, 9.17) is 11.5 Å². The molecule has 0 heterocycles. The van der Waals surface area contributed by atoms with E-state index < -0.39 is 12.2 Å². The van der Waals surface area contributed by atoms with Gasteiger partial charge < -0.3 is 15.3 Å². The predicted molar refractivity (Wildman–Crippen MR) is 83.3 cm³/mol. The zero-order chi connectivity index (χ0) is 15.1. The van der Waals surface area contributed by atoms with Crippen molar-refractivity contribution in [3.63, 3.8) is 0 Å². The topological polar surface area (TPSA) is 60.7 Å². The van der Waals surface area contributed by atoms with Crippen LogP contribution in [0.15, 0.2) is 0 Å². The van der Waals surface area contributed by atoms with Crippen LogP contribution in [0.25, 0.3) is 0 Å². The Bertz CT molecular complexity index is 235. The van der Waals surface area contributed by atoms with E-state index in [-0.39, 0.29) is 13.0 Å². The zero-order valence-corrected chi connectivity index (χ0v) is 12.8. The quantitative estimate of drug-likeness (QED) is 0.339. The van der Waals surface area contributed by atoms with E-state index in [0.717, 1.165) is 32.1 Å². The Morgan fingerprint density at radius 3 is 1.75 bits per heavy atom. The number of rotatable bonds is 14. The van der Waals surface area contributed by atoms with Crippen molar-refractivity contribution in [3.8, 4) is 12.3 Å². The molecule has 0 aliphatic rings. The normalized spacial score (nSPS) is 13.9. The molecule has 20 heavy (non-hydrogen) atoms. The summed E-state index contributed by atoms with van der Waals surface area (Å²) in [6.45, 7) is -0.265. The molecule has 0 aromatic carbocycles. The SMILES string of the molecule is C#CCCCCCCCCCCC[C@H](O)C[C@H](O)CO. The summed E-state index contributed by atoms with van der Waals surface area (Å²) in [7, 11) is 0. The Hall–Kier alpha value is -0.560. The molecule has 0 saturated heterocycles. The third kappa shape index (κ3) is 13.9. The van der Waals surface area contributed by atoms with Crippen molar-refractivity contribution in [2.75, 3.05) is 6.61 Å². The first-order chi connectivity index (χ1) is 9.70. The highest BCUT2D eigenvalue weighted by molar-refractivity contribution is 4.82. The first-order valence-electron chi connectivity index (χ1n) is 8.11. The molecule has 0 aliphatic heterocycles. The van der Waals surface area contributed by atoms with E-state index >= 15 is 0 Å². The highest BCUT2D eigenvalue weighted by Crippen LogP contribution is 2.13. The number of terminal acetylenes is 1. The Kier molecular flexibility index (Phi) is 14.4. The Morgan fingerprint density at radius 2 is 1.25 bits per heavy atom. The third-order valence-corrected chi connectivity index (χ3v) is 3.61. The molecule has 0 radical (unpaired) electrons. The molecule has 0 aliphatic carbocycles. The summed E-state index contributed by atoms with van der Waals surface area (Å²) in [5, 5.41) is 27.5. The fourth-order valence-corrected chi connectivity index (χ4v) is 2.35. The van der Waals surface area contributed by atoms with Gasteiger partial charge in [0.1, 0.15) is 0 Å². The highest BCUT2D eigenvalue weighted by Gasteiger charge is 2.10. The van der Waals surface area contributed by atoms with Gasteiger partial charge in [0, 0.05) is 12.8 Å². The molecule has 0 bridgehead atoms. The second-order valence-electron chi connectivity index (χ2n) is 5.65. The fraction of sp³-hybridized carbons (Fsp3) is 0.882. The molecule has 0 fully saturated rings. The number of hydrogen-bond donors (Lipinski definition) is 3. The highest BCUT2D eigenvalue weighted by atomic mass is 16.3. The van der Waals surface area contributed by atoms with E-state index in [1.165, 1.54) is 38.5 Å². The monoisotopic (exact) mass is 284 g/mol. The minimum absolute atomic E-state index is 0.265. The van der Waals surface area contributed by atoms with E-state index in [0.29, 0.717) is 0 Å². The molecule has 0 aromatic heterocycles. The number of aliphatic hydroxyl groups is 3. The Balaban J connectivity index is 3.15. The van der Waals surface area contributed by atoms with Gasteiger partial charge in [-0.15, -0.1) is 12.3 Å². The van der Waals surface area contributed by atoms with Crippen molar-refractivity contribution in [1.82, 2.24) is 0 Å². The van der Waals surface area contributed by atoms with Gasteiger partial charge in [0.2, 0.25) is 0 Å². The summed E-state index contributed by atoms with van der Waals surface area (Å²) in [6, 6.07) is 0. The van der Waals surface area contributed by atoms with Crippen molar-refractivity contribution in [1.29, 1.82) is 0 Å². The van der Waals surface area contributed by atoms with Crippen LogP contribution in [0.4, 0.5) is 0 Å². The number of unbranched alkanes of at least 4 members (excludes halogenated alkanes) is 9. The smallest absolute Gasteiger partial charge is 0.0795 e. The molecular formula is C17H32O3.